The molecule has 0 aromatic rings. The zero-order chi connectivity index (χ0) is 21.8. The summed E-state index contributed by atoms with van der Waals surface area (Å²) in [4.78, 5) is 11.5. The molecule has 0 spiro atoms. The number of aliphatic hydroxyl groups is 5. The molecule has 1 aliphatic rings. The number of ether oxygens (including phenoxy) is 2. The first-order valence-corrected chi connectivity index (χ1v) is 10.4. The first-order chi connectivity index (χ1) is 13.8. The Morgan fingerprint density at radius 2 is 1.83 bits per heavy atom. The first-order valence-electron chi connectivity index (χ1n) is 10.4. The first kappa shape index (κ1) is 26.0. The summed E-state index contributed by atoms with van der Waals surface area (Å²) in [5, 5.41) is 51.8. The van der Waals surface area contributed by atoms with Crippen LogP contribution in [0.25, 0.3) is 0 Å². The van der Waals surface area contributed by atoms with Crippen molar-refractivity contribution in [3.63, 3.8) is 0 Å². The number of rotatable bonds is 13. The number of unbranched alkanes of at least 4 members (excludes halogenated alkanes) is 5. The van der Waals surface area contributed by atoms with Crippen LogP contribution in [0.2, 0.25) is 0 Å². The Labute approximate surface area is 172 Å². The minimum atomic E-state index is -1.55. The van der Waals surface area contributed by atoms with Crippen molar-refractivity contribution < 1.29 is 39.8 Å². The van der Waals surface area contributed by atoms with Crippen LogP contribution in [0, 0.1) is 0 Å². The quantitative estimate of drug-likeness (QED) is 0.174. The SMILES string of the molecule is CCCCCCC/C=C/C(O)C(COC1OC(CO)C(O)C(O)C1O)NC(C)=O. The third-order valence-electron chi connectivity index (χ3n) is 4.90. The van der Waals surface area contributed by atoms with Gasteiger partial charge in [-0.2, -0.15) is 0 Å². The van der Waals surface area contributed by atoms with E-state index in [0.29, 0.717) is 0 Å². The highest BCUT2D eigenvalue weighted by atomic mass is 16.7. The normalized spacial score (nSPS) is 29.7. The minimum absolute atomic E-state index is 0.204. The van der Waals surface area contributed by atoms with Gasteiger partial charge in [0.15, 0.2) is 6.29 Å². The molecule has 9 heteroatoms. The van der Waals surface area contributed by atoms with E-state index in [1.54, 1.807) is 6.08 Å². The zero-order valence-electron chi connectivity index (χ0n) is 17.3. The molecule has 1 fully saturated rings. The maximum atomic E-state index is 11.5. The van der Waals surface area contributed by atoms with Crippen molar-refractivity contribution in [3.8, 4) is 0 Å². The maximum absolute atomic E-state index is 11.5. The van der Waals surface area contributed by atoms with E-state index in [0.717, 1.165) is 19.3 Å². The standard InChI is InChI=1S/C20H37NO8/c1-3-4-5-6-7-8-9-10-15(24)14(21-13(2)23)12-28-20-19(27)18(26)17(25)16(11-22)29-20/h9-10,14-20,22,24-27H,3-8,11-12H2,1-2H3,(H,21,23)/b10-9+. The van der Waals surface area contributed by atoms with Crippen molar-refractivity contribution >= 4 is 5.91 Å². The van der Waals surface area contributed by atoms with Gasteiger partial charge in [-0.3, -0.25) is 4.79 Å². The Balaban J connectivity index is 2.56. The molecule has 0 aliphatic carbocycles. The molecule has 0 aromatic heterocycles. The van der Waals surface area contributed by atoms with E-state index >= 15 is 0 Å². The second-order valence-electron chi connectivity index (χ2n) is 7.46. The van der Waals surface area contributed by atoms with E-state index in [1.807, 2.05) is 6.08 Å². The van der Waals surface area contributed by atoms with Crippen LogP contribution >= 0.6 is 0 Å². The van der Waals surface area contributed by atoms with Crippen LogP contribution in [0.1, 0.15) is 52.4 Å². The summed E-state index contributed by atoms with van der Waals surface area (Å²) in [5.41, 5.74) is 0. The highest BCUT2D eigenvalue weighted by Crippen LogP contribution is 2.22. The summed E-state index contributed by atoms with van der Waals surface area (Å²) in [5.74, 6) is -0.362. The smallest absolute Gasteiger partial charge is 0.217 e. The van der Waals surface area contributed by atoms with Crippen molar-refractivity contribution in [2.75, 3.05) is 13.2 Å². The van der Waals surface area contributed by atoms with Crippen LogP contribution in [0.4, 0.5) is 0 Å². The van der Waals surface area contributed by atoms with Crippen LogP contribution in [0.15, 0.2) is 12.2 Å². The second kappa shape index (κ2) is 14.0. The lowest BCUT2D eigenvalue weighted by Crippen LogP contribution is -2.60. The summed E-state index contributed by atoms with van der Waals surface area (Å²) >= 11 is 0. The van der Waals surface area contributed by atoms with Crippen LogP contribution in [0.3, 0.4) is 0 Å². The Morgan fingerprint density at radius 1 is 1.14 bits per heavy atom. The average molecular weight is 420 g/mol. The molecule has 1 aliphatic heterocycles. The van der Waals surface area contributed by atoms with Crippen LogP contribution < -0.4 is 5.32 Å². The Hall–Kier alpha value is -1.07. The Bertz CT molecular complexity index is 487. The third kappa shape index (κ3) is 9.08. The number of carbonyl (C=O) groups is 1. The van der Waals surface area contributed by atoms with E-state index in [4.69, 9.17) is 9.47 Å². The predicted octanol–water partition coefficient (Wildman–Crippen LogP) is -0.415. The van der Waals surface area contributed by atoms with Gasteiger partial charge in [-0.05, 0) is 12.8 Å². The molecule has 9 nitrogen and oxygen atoms in total. The molecule has 170 valence electrons. The van der Waals surface area contributed by atoms with Gasteiger partial charge >= 0.3 is 0 Å². The van der Waals surface area contributed by atoms with Gasteiger partial charge in [-0.15, -0.1) is 0 Å². The van der Waals surface area contributed by atoms with Gasteiger partial charge in [0.25, 0.3) is 0 Å². The summed E-state index contributed by atoms with van der Waals surface area (Å²) < 4.78 is 10.7. The Kier molecular flexibility index (Phi) is 12.6. The molecule has 7 atom stereocenters. The molecule has 7 unspecified atom stereocenters. The van der Waals surface area contributed by atoms with Gasteiger partial charge in [-0.25, -0.2) is 0 Å². The molecule has 1 heterocycles. The summed E-state index contributed by atoms with van der Waals surface area (Å²) in [6.45, 7) is 2.70. The zero-order valence-corrected chi connectivity index (χ0v) is 17.3. The van der Waals surface area contributed by atoms with Crippen LogP contribution in [0.5, 0.6) is 0 Å². The fourth-order valence-corrected chi connectivity index (χ4v) is 3.13. The van der Waals surface area contributed by atoms with E-state index in [9.17, 15) is 30.3 Å². The van der Waals surface area contributed by atoms with Crippen LogP contribution in [-0.4, -0.2) is 87.5 Å². The molecule has 0 aromatic carbocycles. The molecule has 0 radical (unpaired) electrons. The molecule has 29 heavy (non-hydrogen) atoms. The number of nitrogens with one attached hydrogen (secondary N) is 1. The number of carbonyl (C=O) groups excluding carboxylic acids is 1. The van der Waals surface area contributed by atoms with Gasteiger partial charge in [0, 0.05) is 6.92 Å². The monoisotopic (exact) mass is 419 g/mol. The molecule has 0 saturated carbocycles. The van der Waals surface area contributed by atoms with Gasteiger partial charge < -0.3 is 40.3 Å². The van der Waals surface area contributed by atoms with Crippen molar-refractivity contribution in [2.24, 2.45) is 0 Å². The van der Waals surface area contributed by atoms with Gasteiger partial charge in [-0.1, -0.05) is 44.8 Å². The second-order valence-corrected chi connectivity index (χ2v) is 7.46. The number of hydrogen-bond donors (Lipinski definition) is 6. The van der Waals surface area contributed by atoms with E-state index in [1.165, 1.54) is 26.2 Å². The molecule has 1 amide bonds. The summed E-state index contributed by atoms with van der Waals surface area (Å²) in [6.07, 6.45) is 2.01. The van der Waals surface area contributed by atoms with Crippen LogP contribution in [-0.2, 0) is 14.3 Å². The highest BCUT2D eigenvalue weighted by Gasteiger charge is 2.44. The lowest BCUT2D eigenvalue weighted by Gasteiger charge is -2.40. The van der Waals surface area contributed by atoms with Crippen molar-refractivity contribution in [2.45, 2.75) is 95.2 Å². The number of hydrogen-bond acceptors (Lipinski definition) is 8. The largest absolute Gasteiger partial charge is 0.394 e. The molecule has 6 N–H and O–H groups in total. The van der Waals surface area contributed by atoms with Crippen molar-refractivity contribution in [3.05, 3.63) is 12.2 Å². The Morgan fingerprint density at radius 3 is 2.45 bits per heavy atom. The van der Waals surface area contributed by atoms with E-state index in [-0.39, 0.29) is 12.5 Å². The minimum Gasteiger partial charge on any atom is -0.394 e. The highest BCUT2D eigenvalue weighted by molar-refractivity contribution is 5.73. The lowest BCUT2D eigenvalue weighted by molar-refractivity contribution is -0.302. The third-order valence-corrected chi connectivity index (χ3v) is 4.90. The lowest BCUT2D eigenvalue weighted by atomic mass is 9.99. The fourth-order valence-electron chi connectivity index (χ4n) is 3.13. The van der Waals surface area contributed by atoms with E-state index < -0.39 is 49.5 Å². The molecule has 1 rings (SSSR count). The van der Waals surface area contributed by atoms with Gasteiger partial charge in [0.2, 0.25) is 5.91 Å². The molecule has 0 bridgehead atoms. The van der Waals surface area contributed by atoms with Crippen molar-refractivity contribution in [1.82, 2.24) is 5.32 Å². The predicted molar refractivity (Wildman–Crippen MR) is 106 cm³/mol. The molecular formula is C20H37NO8. The van der Waals surface area contributed by atoms with Gasteiger partial charge in [0.05, 0.1) is 25.4 Å². The van der Waals surface area contributed by atoms with E-state index in [2.05, 4.69) is 12.2 Å². The summed E-state index contributed by atoms with van der Waals surface area (Å²) in [6, 6.07) is -0.795. The fraction of sp³-hybridized carbons (Fsp3) is 0.850. The molecular weight excluding hydrogens is 382 g/mol. The topological polar surface area (TPSA) is 149 Å². The number of amides is 1. The average Bonchev–Trinajstić information content (AvgIpc) is 2.69. The summed E-state index contributed by atoms with van der Waals surface area (Å²) in [7, 11) is 0. The maximum Gasteiger partial charge on any atom is 0.217 e. The molecule has 1 saturated heterocycles. The number of aliphatic hydroxyl groups excluding tert-OH is 5. The van der Waals surface area contributed by atoms with Gasteiger partial charge in [0.1, 0.15) is 24.4 Å². The number of allylic oxidation sites excluding steroid dienone is 1. The van der Waals surface area contributed by atoms with Crippen molar-refractivity contribution in [1.29, 1.82) is 0 Å².